The lowest BCUT2D eigenvalue weighted by Crippen LogP contribution is -2.04. The molecule has 73 heavy (non-hydrogen) atoms. The molecule has 5 aromatic heterocycles. The monoisotopic (exact) mass is 935 g/mol. The highest BCUT2D eigenvalue weighted by Gasteiger charge is 2.25. The quantitative estimate of drug-likeness (QED) is 0.143. The Balaban J connectivity index is 0.964. The Hall–Kier alpha value is -10.1. The molecule has 9 nitrogen and oxygen atoms in total. The molecule has 0 bridgehead atoms. The van der Waals surface area contributed by atoms with Gasteiger partial charge in [0.05, 0.1) is 44.8 Å². The molecule has 0 saturated carbocycles. The van der Waals surface area contributed by atoms with E-state index in [9.17, 15) is 0 Å². The van der Waals surface area contributed by atoms with E-state index in [-0.39, 0.29) is 0 Å². The van der Waals surface area contributed by atoms with Crippen LogP contribution in [0.4, 0.5) is 0 Å². The van der Waals surface area contributed by atoms with Gasteiger partial charge in [0.25, 0.3) is 0 Å². The van der Waals surface area contributed by atoms with Crippen molar-refractivity contribution in [1.82, 2.24) is 43.8 Å². The highest BCUT2D eigenvalue weighted by atomic mass is 15.3. The standard InChI is InChI=1S/C64H41N9/c1-6-21-42(22-7-1)52-40-53(43-23-8-2-9-24-43)66-63(65-52)72-56-34-18-16-31-48(56)51-39-46(37-38-58(51)72)61-69-70-62(71(61)47-29-14-5-15-30-47)50-33-20-36-59-60(50)49-32-17-19-35-57(49)73(59)64-67-54(44-25-10-3-11-26-44)41-55(68-64)45-27-12-4-13-28-45/h1-41H. The molecule has 0 spiro atoms. The smallest absolute Gasteiger partial charge is 0.235 e. The highest BCUT2D eigenvalue weighted by molar-refractivity contribution is 6.15. The van der Waals surface area contributed by atoms with Gasteiger partial charge in [-0.3, -0.25) is 13.7 Å². The maximum atomic E-state index is 5.30. The zero-order valence-electron chi connectivity index (χ0n) is 39.2. The molecule has 0 atom stereocenters. The lowest BCUT2D eigenvalue weighted by molar-refractivity contribution is 0.995. The first-order chi connectivity index (χ1) is 36.2. The van der Waals surface area contributed by atoms with E-state index in [2.05, 4.69) is 184 Å². The summed E-state index contributed by atoms with van der Waals surface area (Å²) in [5.74, 6) is 2.59. The van der Waals surface area contributed by atoms with Crippen molar-refractivity contribution >= 4 is 43.6 Å². The van der Waals surface area contributed by atoms with Gasteiger partial charge in [0, 0.05) is 60.6 Å². The number of fused-ring (bicyclic) bond motifs is 6. The van der Waals surface area contributed by atoms with Crippen molar-refractivity contribution in [1.29, 1.82) is 0 Å². The maximum Gasteiger partial charge on any atom is 0.235 e. The van der Waals surface area contributed by atoms with E-state index < -0.39 is 0 Å². The largest absolute Gasteiger partial charge is 0.278 e. The van der Waals surface area contributed by atoms with Crippen LogP contribution < -0.4 is 0 Å². The van der Waals surface area contributed by atoms with Gasteiger partial charge >= 0.3 is 0 Å². The van der Waals surface area contributed by atoms with Gasteiger partial charge in [0.1, 0.15) is 0 Å². The second-order valence-corrected chi connectivity index (χ2v) is 18.0. The number of hydrogen-bond donors (Lipinski definition) is 0. The SMILES string of the molecule is c1ccc(-c2cc(-c3ccccc3)nc(-n3c4ccccc4c4cc(-c5nnc(-c6cccc7c6c6ccccc6n7-c6nc(-c7ccccc7)cc(-c7ccccc7)n6)n5-c5ccccc5)ccc43)n2)cc1. The predicted octanol–water partition coefficient (Wildman–Crippen LogP) is 15.0. The molecule has 9 heteroatoms. The number of hydrogen-bond acceptors (Lipinski definition) is 6. The molecule has 14 aromatic rings. The van der Waals surface area contributed by atoms with E-state index in [0.29, 0.717) is 23.5 Å². The summed E-state index contributed by atoms with van der Waals surface area (Å²) in [7, 11) is 0. The number of para-hydroxylation sites is 3. The predicted molar refractivity (Wildman–Crippen MR) is 294 cm³/mol. The van der Waals surface area contributed by atoms with Crippen molar-refractivity contribution in [3.8, 4) is 85.4 Å². The van der Waals surface area contributed by atoms with E-state index in [0.717, 1.165) is 105 Å². The van der Waals surface area contributed by atoms with Gasteiger partial charge in [-0.2, -0.15) is 0 Å². The van der Waals surface area contributed by atoms with Crippen LogP contribution in [-0.4, -0.2) is 43.8 Å². The molecular formula is C64H41N9. The molecule has 0 aliphatic rings. The van der Waals surface area contributed by atoms with Gasteiger partial charge in [-0.25, -0.2) is 19.9 Å². The van der Waals surface area contributed by atoms with Gasteiger partial charge < -0.3 is 0 Å². The Morgan fingerprint density at radius 3 is 1.21 bits per heavy atom. The Morgan fingerprint density at radius 1 is 0.260 bits per heavy atom. The Bertz CT molecular complexity index is 4240. The van der Waals surface area contributed by atoms with Crippen molar-refractivity contribution in [2.45, 2.75) is 0 Å². The lowest BCUT2D eigenvalue weighted by Gasteiger charge is -2.13. The van der Waals surface area contributed by atoms with Crippen LogP contribution in [0.15, 0.2) is 249 Å². The van der Waals surface area contributed by atoms with Crippen molar-refractivity contribution < 1.29 is 0 Å². The van der Waals surface area contributed by atoms with Gasteiger partial charge in [-0.05, 0) is 60.7 Å². The number of benzene rings is 9. The molecule has 342 valence electrons. The first-order valence-corrected chi connectivity index (χ1v) is 24.3. The van der Waals surface area contributed by atoms with E-state index in [1.807, 2.05) is 78.9 Å². The van der Waals surface area contributed by atoms with Crippen molar-refractivity contribution in [3.63, 3.8) is 0 Å². The maximum absolute atomic E-state index is 5.30. The van der Waals surface area contributed by atoms with Gasteiger partial charge in [0.2, 0.25) is 11.9 Å². The Morgan fingerprint density at radius 2 is 0.671 bits per heavy atom. The molecular weight excluding hydrogens is 895 g/mol. The normalized spacial score (nSPS) is 11.6. The average Bonchev–Trinajstić information content (AvgIpc) is 4.18. The van der Waals surface area contributed by atoms with Crippen LogP contribution in [0.3, 0.4) is 0 Å². The number of aromatic nitrogens is 9. The van der Waals surface area contributed by atoms with E-state index >= 15 is 0 Å². The lowest BCUT2D eigenvalue weighted by atomic mass is 10.0. The minimum absolute atomic E-state index is 0.578. The van der Waals surface area contributed by atoms with Crippen LogP contribution in [0.1, 0.15) is 0 Å². The molecule has 0 radical (unpaired) electrons. The summed E-state index contributed by atoms with van der Waals surface area (Å²) >= 11 is 0. The van der Waals surface area contributed by atoms with Crippen LogP contribution in [0.25, 0.3) is 129 Å². The van der Waals surface area contributed by atoms with Crippen LogP contribution in [0.2, 0.25) is 0 Å². The van der Waals surface area contributed by atoms with Crippen molar-refractivity contribution in [3.05, 3.63) is 249 Å². The third-order valence-corrected chi connectivity index (χ3v) is 13.7. The molecule has 14 rings (SSSR count). The summed E-state index contributed by atoms with van der Waals surface area (Å²) < 4.78 is 6.54. The van der Waals surface area contributed by atoms with Crippen LogP contribution in [0, 0.1) is 0 Å². The molecule has 0 aliphatic carbocycles. The molecule has 5 heterocycles. The highest BCUT2D eigenvalue weighted by Crippen LogP contribution is 2.41. The van der Waals surface area contributed by atoms with Crippen LogP contribution >= 0.6 is 0 Å². The van der Waals surface area contributed by atoms with Crippen molar-refractivity contribution in [2.75, 3.05) is 0 Å². The summed E-state index contributed by atoms with van der Waals surface area (Å²) in [4.78, 5) is 21.1. The van der Waals surface area contributed by atoms with Crippen LogP contribution in [-0.2, 0) is 0 Å². The van der Waals surface area contributed by atoms with Gasteiger partial charge in [-0.1, -0.05) is 188 Å². The molecule has 0 N–H and O–H groups in total. The van der Waals surface area contributed by atoms with Gasteiger partial charge in [-0.15, -0.1) is 10.2 Å². The first kappa shape index (κ1) is 41.8. The minimum atomic E-state index is 0.578. The third-order valence-electron chi connectivity index (χ3n) is 13.7. The van der Waals surface area contributed by atoms with E-state index in [1.54, 1.807) is 0 Å². The molecule has 0 saturated heterocycles. The van der Waals surface area contributed by atoms with Crippen LogP contribution in [0.5, 0.6) is 0 Å². The topological polar surface area (TPSA) is 92.1 Å². The molecule has 0 fully saturated rings. The summed E-state index contributed by atoms with van der Waals surface area (Å²) in [5, 5.41) is 14.4. The minimum Gasteiger partial charge on any atom is -0.278 e. The number of rotatable bonds is 9. The zero-order chi connectivity index (χ0) is 48.2. The summed E-state index contributed by atoms with van der Waals surface area (Å²) in [6, 6.07) is 85.6. The third kappa shape index (κ3) is 7.17. The average molecular weight is 936 g/mol. The van der Waals surface area contributed by atoms with Gasteiger partial charge in [0.15, 0.2) is 11.6 Å². The summed E-state index contributed by atoms with van der Waals surface area (Å²) in [6.45, 7) is 0. The second kappa shape index (κ2) is 17.4. The molecule has 0 aliphatic heterocycles. The fourth-order valence-electron chi connectivity index (χ4n) is 10.3. The molecule has 0 unspecified atom stereocenters. The Kier molecular flexibility index (Phi) is 9.96. The number of nitrogens with zero attached hydrogens (tertiary/aromatic N) is 9. The van der Waals surface area contributed by atoms with Crippen molar-refractivity contribution in [2.24, 2.45) is 0 Å². The molecule has 9 aromatic carbocycles. The first-order valence-electron chi connectivity index (χ1n) is 24.3. The fraction of sp³-hybridized carbons (Fsp3) is 0. The second-order valence-electron chi connectivity index (χ2n) is 18.0. The fourth-order valence-corrected chi connectivity index (χ4v) is 10.3. The van der Waals surface area contributed by atoms with E-state index in [4.69, 9.17) is 30.1 Å². The zero-order valence-corrected chi connectivity index (χ0v) is 39.2. The molecule has 0 amide bonds. The summed E-state index contributed by atoms with van der Waals surface area (Å²) in [6.07, 6.45) is 0. The summed E-state index contributed by atoms with van der Waals surface area (Å²) in [5.41, 5.74) is 14.1. The van der Waals surface area contributed by atoms with E-state index in [1.165, 1.54) is 0 Å². The Labute approximate surface area is 419 Å².